The van der Waals surface area contributed by atoms with E-state index in [9.17, 15) is 19.8 Å². The maximum atomic E-state index is 9.41. The fourth-order valence-electron chi connectivity index (χ4n) is 1.35. The van der Waals surface area contributed by atoms with Crippen LogP contribution in [0.4, 0.5) is 0 Å². The Balaban J connectivity index is 0. The minimum atomic E-state index is -1.55. The maximum Gasteiger partial charge on any atom is 2.00 e. The van der Waals surface area contributed by atoms with Gasteiger partial charge in [-0.05, 0) is 25.0 Å². The van der Waals surface area contributed by atoms with Crippen LogP contribution >= 0.6 is 0 Å². The van der Waals surface area contributed by atoms with Crippen LogP contribution in [0.25, 0.3) is 0 Å². The Morgan fingerprint density at radius 3 is 1.47 bits per heavy atom. The molecule has 1 aliphatic rings. The monoisotopic (exact) mass is 423 g/mol. The number of hydrogen-bond donors (Lipinski definition) is 2. The zero-order chi connectivity index (χ0) is 12.6. The van der Waals surface area contributed by atoms with E-state index in [1.54, 1.807) is 0 Å². The van der Waals surface area contributed by atoms with Gasteiger partial charge in [-0.3, -0.25) is 0 Å². The molecule has 1 aliphatic carbocycles. The summed E-state index contributed by atoms with van der Waals surface area (Å²) >= 11 is 0. The van der Waals surface area contributed by atoms with Crippen molar-refractivity contribution in [2.24, 2.45) is 11.5 Å². The predicted molar refractivity (Wildman–Crippen MR) is 53.3 cm³/mol. The molecule has 1 rings (SSSR count). The van der Waals surface area contributed by atoms with Gasteiger partial charge in [-0.25, -0.2) is 0 Å². The molecular formula is C10H16N2O4Pt. The van der Waals surface area contributed by atoms with Crippen molar-refractivity contribution in [1.82, 2.24) is 0 Å². The van der Waals surface area contributed by atoms with E-state index in [0.717, 1.165) is 12.8 Å². The molecule has 0 unspecified atom stereocenters. The van der Waals surface area contributed by atoms with Crippen LogP contribution in [0, 0.1) is 0 Å². The summed E-state index contributed by atoms with van der Waals surface area (Å²) in [5.41, 5.74) is 11.0. The van der Waals surface area contributed by atoms with Gasteiger partial charge in [-0.1, -0.05) is 19.3 Å². The summed E-state index contributed by atoms with van der Waals surface area (Å²) in [6.45, 7) is 0. The van der Waals surface area contributed by atoms with Crippen LogP contribution in [-0.2, 0) is 30.7 Å². The van der Waals surface area contributed by atoms with Crippen LogP contribution < -0.4 is 21.7 Å². The molecule has 0 spiro atoms. The summed E-state index contributed by atoms with van der Waals surface area (Å²) in [5, 5.41) is 18.8. The van der Waals surface area contributed by atoms with E-state index in [1.165, 1.54) is 19.3 Å². The summed E-state index contributed by atoms with van der Waals surface area (Å²) in [4.78, 5) is 18.8. The van der Waals surface area contributed by atoms with Crippen LogP contribution in [0.2, 0.25) is 0 Å². The first-order valence-electron chi connectivity index (χ1n) is 5.01. The first-order valence-corrected chi connectivity index (χ1v) is 5.01. The largest absolute Gasteiger partial charge is 2.00 e. The molecule has 0 aromatic rings. The minimum Gasteiger partial charge on any atom is -0.545 e. The molecule has 100 valence electrons. The van der Waals surface area contributed by atoms with E-state index in [1.807, 2.05) is 0 Å². The quantitative estimate of drug-likeness (QED) is 0.376. The van der Waals surface area contributed by atoms with Crippen LogP contribution in [-0.4, -0.2) is 17.6 Å². The van der Waals surface area contributed by atoms with Crippen LogP contribution in [0.3, 0.4) is 0 Å². The standard InChI is InChI=1S/C6H14N2.C4H4O4.Pt/c7-6(8)4-2-1-3-5-6;5-3(6)1-2-4(7)8;/h1-5,7-8H2;1-2H,(H,5,6)(H,7,8);/q;;+2/p-2/b;2-1+;. The van der Waals surface area contributed by atoms with Gasteiger partial charge in [0, 0.05) is 0 Å². The average molecular weight is 423 g/mol. The van der Waals surface area contributed by atoms with Crippen molar-refractivity contribution in [3.8, 4) is 0 Å². The van der Waals surface area contributed by atoms with E-state index in [-0.39, 0.29) is 26.7 Å². The zero-order valence-corrected chi connectivity index (χ0v) is 11.6. The number of carboxylic acids is 2. The Kier molecular flexibility index (Phi) is 10.2. The minimum absolute atomic E-state index is 0. The van der Waals surface area contributed by atoms with E-state index in [4.69, 9.17) is 11.5 Å². The van der Waals surface area contributed by atoms with Crippen LogP contribution in [0.5, 0.6) is 0 Å². The van der Waals surface area contributed by atoms with Crippen molar-refractivity contribution in [2.75, 3.05) is 0 Å². The molecule has 0 saturated heterocycles. The first-order chi connectivity index (χ1) is 7.33. The molecular weight excluding hydrogens is 407 g/mol. The third kappa shape index (κ3) is 13.2. The molecule has 6 nitrogen and oxygen atoms in total. The second-order valence-corrected chi connectivity index (χ2v) is 3.77. The third-order valence-electron chi connectivity index (χ3n) is 2.14. The molecule has 0 aliphatic heterocycles. The van der Waals surface area contributed by atoms with Gasteiger partial charge < -0.3 is 31.3 Å². The van der Waals surface area contributed by atoms with Gasteiger partial charge in [0.2, 0.25) is 0 Å². The molecule has 17 heavy (non-hydrogen) atoms. The average Bonchev–Trinajstić information content (AvgIpc) is 2.15. The van der Waals surface area contributed by atoms with Gasteiger partial charge in [0.05, 0.1) is 17.6 Å². The van der Waals surface area contributed by atoms with Crippen molar-refractivity contribution in [3.05, 3.63) is 12.2 Å². The van der Waals surface area contributed by atoms with Crippen molar-refractivity contribution < 1.29 is 40.9 Å². The fourth-order valence-corrected chi connectivity index (χ4v) is 1.35. The molecule has 0 atom stereocenters. The van der Waals surface area contributed by atoms with Gasteiger partial charge in [0.15, 0.2) is 0 Å². The predicted octanol–water partition coefficient (Wildman–Crippen LogP) is -2.40. The Labute approximate surface area is 114 Å². The molecule has 0 heterocycles. The fraction of sp³-hybridized carbons (Fsp3) is 0.600. The summed E-state index contributed by atoms with van der Waals surface area (Å²) in [5.74, 6) is -3.09. The summed E-state index contributed by atoms with van der Waals surface area (Å²) in [7, 11) is 0. The van der Waals surface area contributed by atoms with E-state index >= 15 is 0 Å². The first kappa shape index (κ1) is 18.6. The topological polar surface area (TPSA) is 132 Å². The van der Waals surface area contributed by atoms with E-state index in [0.29, 0.717) is 12.2 Å². The second kappa shape index (κ2) is 9.33. The molecule has 0 bridgehead atoms. The Morgan fingerprint density at radius 1 is 0.941 bits per heavy atom. The zero-order valence-electron chi connectivity index (χ0n) is 9.29. The number of carbonyl (C=O) groups is 2. The van der Waals surface area contributed by atoms with Crippen molar-refractivity contribution in [2.45, 2.75) is 37.8 Å². The van der Waals surface area contributed by atoms with Gasteiger partial charge >= 0.3 is 21.1 Å². The smallest absolute Gasteiger partial charge is 0.545 e. The number of hydrogen-bond acceptors (Lipinski definition) is 6. The molecule has 0 amide bonds. The van der Waals surface area contributed by atoms with Crippen molar-refractivity contribution in [1.29, 1.82) is 0 Å². The number of carbonyl (C=O) groups excluding carboxylic acids is 2. The summed E-state index contributed by atoms with van der Waals surface area (Å²) < 4.78 is 0. The number of carboxylic acid groups (broad SMARTS) is 2. The molecule has 1 fully saturated rings. The van der Waals surface area contributed by atoms with E-state index < -0.39 is 11.9 Å². The third-order valence-corrected chi connectivity index (χ3v) is 2.14. The number of aliphatic carboxylic acids is 2. The van der Waals surface area contributed by atoms with Crippen LogP contribution in [0.1, 0.15) is 32.1 Å². The van der Waals surface area contributed by atoms with Gasteiger partial charge in [-0.2, -0.15) is 0 Å². The van der Waals surface area contributed by atoms with Crippen molar-refractivity contribution in [3.63, 3.8) is 0 Å². The number of rotatable bonds is 2. The molecule has 0 aromatic heterocycles. The molecule has 7 heteroatoms. The van der Waals surface area contributed by atoms with Gasteiger partial charge in [0.1, 0.15) is 0 Å². The second-order valence-electron chi connectivity index (χ2n) is 3.77. The van der Waals surface area contributed by atoms with Gasteiger partial charge in [0.25, 0.3) is 0 Å². The van der Waals surface area contributed by atoms with Crippen LogP contribution in [0.15, 0.2) is 12.2 Å². The van der Waals surface area contributed by atoms with Gasteiger partial charge in [-0.15, -0.1) is 0 Å². The molecule has 0 aromatic carbocycles. The number of nitrogens with two attached hydrogens (primary N) is 2. The SMILES string of the molecule is NC1(N)CCCCC1.O=C([O-])/C=C/C(=O)[O-].[Pt+2]. The molecule has 4 N–H and O–H groups in total. The normalized spacial score (nSPS) is 17.5. The summed E-state index contributed by atoms with van der Waals surface area (Å²) in [6, 6.07) is 0. The molecule has 0 radical (unpaired) electrons. The Bertz CT molecular complexity index is 255. The van der Waals surface area contributed by atoms with Crippen molar-refractivity contribution >= 4 is 11.9 Å². The maximum absolute atomic E-state index is 9.41. The molecule has 1 saturated carbocycles. The van der Waals surface area contributed by atoms with E-state index in [2.05, 4.69) is 0 Å². The summed E-state index contributed by atoms with van der Waals surface area (Å²) in [6.07, 6.45) is 6.53. The Hall–Kier alpha value is -0.712. The Morgan fingerprint density at radius 2 is 1.29 bits per heavy atom.